The number of rotatable bonds is 3. The smallest absolute Gasteiger partial charge is 0.225 e. The molecule has 0 radical (unpaired) electrons. The summed E-state index contributed by atoms with van der Waals surface area (Å²) < 4.78 is 7.97. The molecule has 1 unspecified atom stereocenters. The number of fused-ring (bicyclic) bond motifs is 1. The summed E-state index contributed by atoms with van der Waals surface area (Å²) in [5.74, 6) is -0.572. The van der Waals surface area contributed by atoms with Gasteiger partial charge < -0.3 is 14.3 Å². The molecule has 2 aromatic heterocycles. The average Bonchev–Trinajstić information content (AvgIpc) is 3.11. The van der Waals surface area contributed by atoms with E-state index in [2.05, 4.69) is 28.2 Å². The van der Waals surface area contributed by atoms with Gasteiger partial charge in [-0.15, -0.1) is 0 Å². The molecule has 1 aliphatic rings. The van der Waals surface area contributed by atoms with E-state index in [9.17, 15) is 9.59 Å². The molecule has 162 valence electrons. The second-order valence-electron chi connectivity index (χ2n) is 8.36. The molecule has 1 N–H and O–H groups in total. The predicted molar refractivity (Wildman–Crippen MR) is 130 cm³/mol. The van der Waals surface area contributed by atoms with E-state index in [1.165, 1.54) is 11.8 Å². The van der Waals surface area contributed by atoms with Gasteiger partial charge in [-0.2, -0.15) is 0 Å². The maximum absolute atomic E-state index is 13.5. The minimum absolute atomic E-state index is 0.135. The molecule has 5 aromatic rings. The number of amides is 1. The van der Waals surface area contributed by atoms with Crippen LogP contribution in [0.1, 0.15) is 29.0 Å². The van der Waals surface area contributed by atoms with Crippen LogP contribution in [-0.2, 0) is 11.3 Å². The Balaban J connectivity index is 1.58. The predicted octanol–water partition coefficient (Wildman–Crippen LogP) is 5.92. The molecule has 5 nitrogen and oxygen atoms in total. The Labute approximate surface area is 194 Å². The second-order valence-corrected chi connectivity index (χ2v) is 8.80. The molecule has 33 heavy (non-hydrogen) atoms. The Hall–Kier alpha value is -3.83. The van der Waals surface area contributed by atoms with Gasteiger partial charge in [-0.05, 0) is 41.5 Å². The first-order valence-electron chi connectivity index (χ1n) is 10.7. The third-order valence-corrected chi connectivity index (χ3v) is 6.54. The van der Waals surface area contributed by atoms with Crippen LogP contribution in [0.3, 0.4) is 0 Å². The maximum atomic E-state index is 13.5. The van der Waals surface area contributed by atoms with Crippen LogP contribution >= 0.6 is 11.6 Å². The molecular formula is C27H19ClN2O3. The van der Waals surface area contributed by atoms with Crippen LogP contribution in [0.2, 0.25) is 5.02 Å². The van der Waals surface area contributed by atoms with Gasteiger partial charge >= 0.3 is 0 Å². The molecule has 1 atom stereocenters. The highest BCUT2D eigenvalue weighted by Crippen LogP contribution is 2.40. The molecule has 0 bridgehead atoms. The first-order chi connectivity index (χ1) is 16.1. The quantitative estimate of drug-likeness (QED) is 0.368. The van der Waals surface area contributed by atoms with Gasteiger partial charge in [0.25, 0.3) is 0 Å². The molecule has 6 heteroatoms. The summed E-state index contributed by atoms with van der Waals surface area (Å²) in [7, 11) is 0. The fraction of sp³-hybridized carbons (Fsp3) is 0.111. The van der Waals surface area contributed by atoms with Crippen molar-refractivity contribution in [2.24, 2.45) is 0 Å². The van der Waals surface area contributed by atoms with Crippen molar-refractivity contribution in [2.75, 3.05) is 5.32 Å². The number of halogens is 1. The van der Waals surface area contributed by atoms with E-state index in [1.807, 2.05) is 36.4 Å². The number of hydrogen-bond donors (Lipinski definition) is 1. The summed E-state index contributed by atoms with van der Waals surface area (Å²) >= 11 is 6.14. The highest BCUT2D eigenvalue weighted by molar-refractivity contribution is 6.31. The minimum atomic E-state index is -0.437. The van der Waals surface area contributed by atoms with Gasteiger partial charge in [-0.25, -0.2) is 0 Å². The van der Waals surface area contributed by atoms with Crippen LogP contribution in [-0.4, -0.2) is 10.5 Å². The van der Waals surface area contributed by atoms with Crippen molar-refractivity contribution in [2.45, 2.75) is 18.9 Å². The van der Waals surface area contributed by atoms with Crippen LogP contribution in [0.15, 0.2) is 88.4 Å². The molecule has 3 heterocycles. The zero-order valence-corrected chi connectivity index (χ0v) is 18.3. The summed E-state index contributed by atoms with van der Waals surface area (Å²) in [5.41, 5.74) is 4.63. The zero-order chi connectivity index (χ0) is 22.5. The summed E-state index contributed by atoms with van der Waals surface area (Å²) in [6.45, 7) is 0.684. The van der Waals surface area contributed by atoms with Crippen molar-refractivity contribution >= 4 is 45.1 Å². The van der Waals surface area contributed by atoms with Crippen LogP contribution in [0.4, 0.5) is 5.69 Å². The molecule has 0 aliphatic carbocycles. The third-order valence-electron chi connectivity index (χ3n) is 6.31. The van der Waals surface area contributed by atoms with E-state index in [4.69, 9.17) is 16.0 Å². The monoisotopic (exact) mass is 454 g/mol. The number of carbonyl (C=O) groups is 1. The van der Waals surface area contributed by atoms with E-state index in [0.29, 0.717) is 28.1 Å². The number of carbonyl (C=O) groups excluding carboxylic acids is 1. The van der Waals surface area contributed by atoms with Gasteiger partial charge in [-0.3, -0.25) is 9.59 Å². The molecule has 0 saturated carbocycles. The van der Waals surface area contributed by atoms with Crippen LogP contribution in [0, 0.1) is 0 Å². The molecule has 0 spiro atoms. The number of nitrogens with one attached hydrogen (secondary N) is 1. The van der Waals surface area contributed by atoms with Gasteiger partial charge in [0.1, 0.15) is 5.58 Å². The Morgan fingerprint density at radius 3 is 2.70 bits per heavy atom. The Kier molecular flexibility index (Phi) is 4.59. The lowest BCUT2D eigenvalue weighted by Crippen LogP contribution is -2.19. The van der Waals surface area contributed by atoms with E-state index < -0.39 is 5.92 Å². The number of hydrogen-bond acceptors (Lipinski definition) is 3. The topological polar surface area (TPSA) is 64.2 Å². The number of anilines is 1. The lowest BCUT2D eigenvalue weighted by atomic mass is 9.89. The number of aromatic nitrogens is 1. The van der Waals surface area contributed by atoms with Crippen molar-refractivity contribution in [3.8, 4) is 0 Å². The molecule has 3 aromatic carbocycles. The second kappa shape index (κ2) is 7.64. The van der Waals surface area contributed by atoms with Crippen LogP contribution < -0.4 is 10.7 Å². The fourth-order valence-corrected chi connectivity index (χ4v) is 4.97. The largest absolute Gasteiger partial charge is 0.464 e. The third kappa shape index (κ3) is 3.33. The van der Waals surface area contributed by atoms with Gasteiger partial charge in [0, 0.05) is 41.1 Å². The summed E-state index contributed by atoms with van der Waals surface area (Å²) in [6.07, 6.45) is 3.70. The minimum Gasteiger partial charge on any atom is -0.464 e. The standard InChI is InChI=1S/C27H19ClN2O3/c28-17-9-10-24-19(11-17)27(32)21(15-33-24)18-12-25(31)29-22-7-4-8-23-26(22)20(18)14-30(23)13-16-5-2-1-3-6-16/h1-11,14-15,18H,12-13H2,(H,29,31). The average molecular weight is 455 g/mol. The Bertz CT molecular complexity index is 1600. The number of nitrogens with zero attached hydrogens (tertiary/aromatic N) is 1. The Morgan fingerprint density at radius 1 is 1.00 bits per heavy atom. The SMILES string of the molecule is O=C1CC(c2coc3ccc(Cl)cc3c2=O)c2cn(Cc3ccccc3)c3cccc(c23)N1. The molecule has 1 aliphatic heterocycles. The summed E-state index contributed by atoms with van der Waals surface area (Å²) in [4.78, 5) is 26.3. The van der Waals surface area contributed by atoms with Crippen molar-refractivity contribution in [1.82, 2.24) is 4.57 Å². The first-order valence-corrected chi connectivity index (χ1v) is 11.1. The van der Waals surface area contributed by atoms with Gasteiger partial charge in [0.2, 0.25) is 5.91 Å². The van der Waals surface area contributed by atoms with Gasteiger partial charge in [0.05, 0.1) is 22.9 Å². The van der Waals surface area contributed by atoms with E-state index in [1.54, 1.807) is 18.2 Å². The molecular weight excluding hydrogens is 436 g/mol. The van der Waals surface area contributed by atoms with Crippen LogP contribution in [0.5, 0.6) is 0 Å². The lowest BCUT2D eigenvalue weighted by molar-refractivity contribution is -0.116. The highest BCUT2D eigenvalue weighted by atomic mass is 35.5. The highest BCUT2D eigenvalue weighted by Gasteiger charge is 2.30. The molecule has 1 amide bonds. The first kappa shape index (κ1) is 19.8. The van der Waals surface area contributed by atoms with Crippen molar-refractivity contribution in [1.29, 1.82) is 0 Å². The summed E-state index contributed by atoms with van der Waals surface area (Å²) in [6, 6.07) is 21.1. The van der Waals surface area contributed by atoms with Crippen molar-refractivity contribution < 1.29 is 9.21 Å². The van der Waals surface area contributed by atoms with E-state index in [0.717, 1.165) is 22.2 Å². The lowest BCUT2D eigenvalue weighted by Gasteiger charge is -2.14. The van der Waals surface area contributed by atoms with Crippen molar-refractivity contribution in [3.05, 3.63) is 111 Å². The molecule has 0 saturated heterocycles. The molecule has 0 fully saturated rings. The zero-order valence-electron chi connectivity index (χ0n) is 17.5. The number of benzene rings is 3. The van der Waals surface area contributed by atoms with Crippen LogP contribution in [0.25, 0.3) is 21.9 Å². The van der Waals surface area contributed by atoms with Gasteiger partial charge in [-0.1, -0.05) is 48.0 Å². The van der Waals surface area contributed by atoms with Crippen molar-refractivity contribution in [3.63, 3.8) is 0 Å². The van der Waals surface area contributed by atoms with Gasteiger partial charge in [0.15, 0.2) is 5.43 Å². The Morgan fingerprint density at radius 2 is 1.85 bits per heavy atom. The maximum Gasteiger partial charge on any atom is 0.225 e. The fourth-order valence-electron chi connectivity index (χ4n) is 4.80. The van der Waals surface area contributed by atoms with E-state index in [-0.39, 0.29) is 17.8 Å². The normalized spacial score (nSPS) is 15.5. The summed E-state index contributed by atoms with van der Waals surface area (Å²) in [5, 5.41) is 4.86. The van der Waals surface area contributed by atoms with E-state index >= 15 is 0 Å². The molecule has 6 rings (SSSR count).